The highest BCUT2D eigenvalue weighted by Gasteiger charge is 2.25. The fourth-order valence-corrected chi connectivity index (χ4v) is 3.34. The predicted molar refractivity (Wildman–Crippen MR) is 103 cm³/mol. The van der Waals surface area contributed by atoms with Crippen molar-refractivity contribution in [3.63, 3.8) is 0 Å². The zero-order valence-electron chi connectivity index (χ0n) is 15.0. The molecule has 7 heteroatoms. The van der Waals surface area contributed by atoms with Gasteiger partial charge >= 0.3 is 0 Å². The minimum Gasteiger partial charge on any atom is -0.353 e. The first-order valence-corrected chi connectivity index (χ1v) is 10.2. The van der Waals surface area contributed by atoms with Gasteiger partial charge in [0.1, 0.15) is 0 Å². The molecule has 1 heterocycles. The van der Waals surface area contributed by atoms with Crippen LogP contribution in [0.3, 0.4) is 0 Å². The highest BCUT2D eigenvalue weighted by Crippen LogP contribution is 2.24. The number of nitrogens with one attached hydrogen (secondary N) is 1. The Morgan fingerprint density at radius 3 is 2.56 bits per heavy atom. The van der Waals surface area contributed by atoms with Crippen molar-refractivity contribution in [2.45, 2.75) is 31.2 Å². The van der Waals surface area contributed by atoms with Crippen molar-refractivity contribution in [3.8, 4) is 0 Å². The van der Waals surface area contributed by atoms with Crippen molar-refractivity contribution >= 4 is 35.2 Å². The highest BCUT2D eigenvalue weighted by molar-refractivity contribution is 7.98. The largest absolute Gasteiger partial charge is 0.353 e. The van der Waals surface area contributed by atoms with E-state index in [0.29, 0.717) is 43.3 Å². The van der Waals surface area contributed by atoms with Gasteiger partial charge in [-0.3, -0.25) is 14.5 Å². The molecule has 1 aromatic rings. The van der Waals surface area contributed by atoms with Crippen LogP contribution in [0.1, 0.15) is 30.6 Å². The van der Waals surface area contributed by atoms with E-state index in [9.17, 15) is 9.59 Å². The highest BCUT2D eigenvalue weighted by atomic mass is 35.5. The Balaban J connectivity index is 1.89. The van der Waals surface area contributed by atoms with Gasteiger partial charge in [-0.1, -0.05) is 18.5 Å². The number of thioether (sulfide) groups is 1. The molecule has 1 aliphatic rings. The molecule has 1 aromatic carbocycles. The maximum absolute atomic E-state index is 12.7. The third-order valence-corrected chi connectivity index (χ3v) is 5.51. The van der Waals surface area contributed by atoms with Crippen LogP contribution in [-0.2, 0) is 4.79 Å². The summed E-state index contributed by atoms with van der Waals surface area (Å²) in [5.74, 6) is 0.00875. The van der Waals surface area contributed by atoms with Crippen LogP contribution in [0.4, 0.5) is 0 Å². The Morgan fingerprint density at radius 1 is 1.28 bits per heavy atom. The van der Waals surface area contributed by atoms with Gasteiger partial charge in [-0.05, 0) is 37.8 Å². The number of carbonyl (C=O) groups is 2. The number of amides is 2. The number of hydrogen-bond acceptors (Lipinski definition) is 4. The molecule has 1 saturated heterocycles. The summed E-state index contributed by atoms with van der Waals surface area (Å²) >= 11 is 7.79. The normalized spacial score (nSPS) is 16.6. The van der Waals surface area contributed by atoms with Gasteiger partial charge in [0.2, 0.25) is 5.91 Å². The van der Waals surface area contributed by atoms with E-state index in [1.165, 1.54) is 0 Å². The Hall–Kier alpha value is -1.24. The molecular formula is C18H26ClN3O2S. The standard InChI is InChI=1S/C18H26ClN3O2S/c1-4-13(2)20-17(23)12-21-7-9-22(10-8-21)18(24)15-11-14(25-3)5-6-16(15)19/h5-6,11,13H,4,7-10,12H2,1-3H3,(H,20,23). The fraction of sp³-hybridized carbons (Fsp3) is 0.556. The van der Waals surface area contributed by atoms with E-state index in [4.69, 9.17) is 11.6 Å². The molecule has 25 heavy (non-hydrogen) atoms. The molecular weight excluding hydrogens is 358 g/mol. The summed E-state index contributed by atoms with van der Waals surface area (Å²) in [5, 5.41) is 3.46. The molecule has 1 fully saturated rings. The van der Waals surface area contributed by atoms with Gasteiger partial charge in [0.25, 0.3) is 5.91 Å². The molecule has 0 radical (unpaired) electrons. The second-order valence-corrected chi connectivity index (χ2v) is 7.58. The Bertz CT molecular complexity index is 618. The van der Waals surface area contributed by atoms with Crippen molar-refractivity contribution in [2.75, 3.05) is 39.0 Å². The lowest BCUT2D eigenvalue weighted by Crippen LogP contribution is -2.51. The summed E-state index contributed by atoms with van der Waals surface area (Å²) < 4.78 is 0. The van der Waals surface area contributed by atoms with Crippen LogP contribution in [0, 0.1) is 0 Å². The van der Waals surface area contributed by atoms with Gasteiger partial charge in [0, 0.05) is 37.1 Å². The van der Waals surface area contributed by atoms with E-state index in [1.54, 1.807) is 17.8 Å². The van der Waals surface area contributed by atoms with Crippen LogP contribution in [0.2, 0.25) is 5.02 Å². The van der Waals surface area contributed by atoms with Gasteiger partial charge in [0.05, 0.1) is 17.1 Å². The van der Waals surface area contributed by atoms with E-state index in [2.05, 4.69) is 10.2 Å². The first kappa shape index (κ1) is 20.1. The van der Waals surface area contributed by atoms with Crippen LogP contribution in [0.25, 0.3) is 0 Å². The number of halogens is 1. The van der Waals surface area contributed by atoms with E-state index in [1.807, 2.05) is 37.1 Å². The lowest BCUT2D eigenvalue weighted by molar-refractivity contribution is -0.123. The number of benzene rings is 1. The maximum Gasteiger partial charge on any atom is 0.255 e. The minimum atomic E-state index is -0.0374. The lowest BCUT2D eigenvalue weighted by atomic mass is 10.1. The molecule has 2 rings (SSSR count). The predicted octanol–water partition coefficient (Wildman–Crippen LogP) is 2.73. The lowest BCUT2D eigenvalue weighted by Gasteiger charge is -2.34. The summed E-state index contributed by atoms with van der Waals surface area (Å²) in [6, 6.07) is 5.73. The maximum atomic E-state index is 12.7. The van der Waals surface area contributed by atoms with Crippen molar-refractivity contribution in [1.29, 1.82) is 0 Å². The first-order chi connectivity index (χ1) is 11.9. The summed E-state index contributed by atoms with van der Waals surface area (Å²) in [6.45, 7) is 7.03. The number of piperazine rings is 1. The molecule has 1 unspecified atom stereocenters. The van der Waals surface area contributed by atoms with E-state index in [0.717, 1.165) is 11.3 Å². The molecule has 0 spiro atoms. The van der Waals surface area contributed by atoms with Crippen molar-refractivity contribution < 1.29 is 9.59 Å². The number of carbonyl (C=O) groups excluding carboxylic acids is 2. The average molecular weight is 384 g/mol. The molecule has 0 aromatic heterocycles. The zero-order chi connectivity index (χ0) is 18.4. The SMILES string of the molecule is CCC(C)NC(=O)CN1CCN(C(=O)c2cc(SC)ccc2Cl)CC1. The molecule has 1 aliphatic heterocycles. The molecule has 0 saturated carbocycles. The van der Waals surface area contributed by atoms with Crippen molar-refractivity contribution in [2.24, 2.45) is 0 Å². The summed E-state index contributed by atoms with van der Waals surface area (Å²) in [6.07, 6.45) is 2.89. The van der Waals surface area contributed by atoms with Crippen molar-refractivity contribution in [1.82, 2.24) is 15.1 Å². The van der Waals surface area contributed by atoms with Crippen LogP contribution in [0.5, 0.6) is 0 Å². The smallest absolute Gasteiger partial charge is 0.255 e. The van der Waals surface area contributed by atoms with E-state index < -0.39 is 0 Å². The van der Waals surface area contributed by atoms with Crippen LogP contribution in [0.15, 0.2) is 23.1 Å². The van der Waals surface area contributed by atoms with Gasteiger partial charge in [-0.25, -0.2) is 0 Å². The molecule has 0 bridgehead atoms. The molecule has 138 valence electrons. The molecule has 1 atom stereocenters. The molecule has 1 N–H and O–H groups in total. The quantitative estimate of drug-likeness (QED) is 0.767. The Morgan fingerprint density at radius 2 is 1.96 bits per heavy atom. The molecule has 2 amide bonds. The number of rotatable bonds is 6. The minimum absolute atomic E-state index is 0.0374. The summed E-state index contributed by atoms with van der Waals surface area (Å²) in [4.78, 5) is 29.6. The Kier molecular flexibility index (Phi) is 7.59. The Labute approximate surface area is 159 Å². The van der Waals surface area contributed by atoms with Crippen LogP contribution in [-0.4, -0.2) is 66.6 Å². The van der Waals surface area contributed by atoms with Gasteiger partial charge < -0.3 is 10.2 Å². The zero-order valence-corrected chi connectivity index (χ0v) is 16.6. The monoisotopic (exact) mass is 383 g/mol. The van der Waals surface area contributed by atoms with Crippen molar-refractivity contribution in [3.05, 3.63) is 28.8 Å². The molecule has 5 nitrogen and oxygen atoms in total. The molecule has 0 aliphatic carbocycles. The van der Waals surface area contributed by atoms with Crippen LogP contribution >= 0.6 is 23.4 Å². The second kappa shape index (κ2) is 9.46. The summed E-state index contributed by atoms with van der Waals surface area (Å²) in [7, 11) is 0. The van der Waals surface area contributed by atoms with Crippen LogP contribution < -0.4 is 5.32 Å². The third kappa shape index (κ3) is 5.62. The summed E-state index contributed by atoms with van der Waals surface area (Å²) in [5.41, 5.74) is 0.552. The average Bonchev–Trinajstić information content (AvgIpc) is 2.62. The van der Waals surface area contributed by atoms with Gasteiger partial charge in [-0.2, -0.15) is 0 Å². The fourth-order valence-electron chi connectivity index (χ4n) is 2.70. The van der Waals surface area contributed by atoms with E-state index in [-0.39, 0.29) is 17.9 Å². The van der Waals surface area contributed by atoms with Gasteiger partial charge in [-0.15, -0.1) is 11.8 Å². The topological polar surface area (TPSA) is 52.7 Å². The third-order valence-electron chi connectivity index (χ3n) is 4.45. The second-order valence-electron chi connectivity index (χ2n) is 6.29. The number of nitrogens with zero attached hydrogens (tertiary/aromatic N) is 2. The van der Waals surface area contributed by atoms with Gasteiger partial charge in [0.15, 0.2) is 0 Å². The number of hydrogen-bond donors (Lipinski definition) is 1. The van der Waals surface area contributed by atoms with E-state index >= 15 is 0 Å². The first-order valence-electron chi connectivity index (χ1n) is 8.59.